The summed E-state index contributed by atoms with van der Waals surface area (Å²) in [6, 6.07) is 5.54. The molecule has 2 heterocycles. The van der Waals surface area contributed by atoms with Crippen molar-refractivity contribution in [3.8, 4) is 16.9 Å². The molecule has 1 aromatic carbocycles. The Hall–Kier alpha value is -1.32. The molecule has 0 spiro atoms. The van der Waals surface area contributed by atoms with E-state index in [1.165, 1.54) is 4.88 Å². The molecule has 0 aliphatic carbocycles. The first kappa shape index (κ1) is 9.87. The van der Waals surface area contributed by atoms with E-state index in [0.29, 0.717) is 17.2 Å². The molecule has 4 heteroatoms. The van der Waals surface area contributed by atoms with Crippen LogP contribution < -0.4 is 4.74 Å². The summed E-state index contributed by atoms with van der Waals surface area (Å²) in [5.74, 6) is 0.751. The third-order valence-electron chi connectivity index (χ3n) is 2.62. The SMILES string of the molecule is O=Cc1cc2c(cc1Cl)OCc1sccc1-2. The molecule has 2 aromatic rings. The van der Waals surface area contributed by atoms with Crippen LogP contribution in [0.3, 0.4) is 0 Å². The van der Waals surface area contributed by atoms with E-state index in [-0.39, 0.29) is 0 Å². The quantitative estimate of drug-likeness (QED) is 0.720. The Kier molecular flexibility index (Phi) is 2.23. The Morgan fingerprint density at radius 2 is 2.25 bits per heavy atom. The minimum Gasteiger partial charge on any atom is -0.487 e. The highest BCUT2D eigenvalue weighted by molar-refractivity contribution is 7.10. The summed E-state index contributed by atoms with van der Waals surface area (Å²) in [6.07, 6.45) is 0.767. The van der Waals surface area contributed by atoms with Crippen LogP contribution in [0.5, 0.6) is 5.75 Å². The molecular weight excluding hydrogens is 244 g/mol. The molecule has 16 heavy (non-hydrogen) atoms. The molecule has 0 saturated heterocycles. The van der Waals surface area contributed by atoms with Crippen molar-refractivity contribution < 1.29 is 9.53 Å². The van der Waals surface area contributed by atoms with E-state index >= 15 is 0 Å². The van der Waals surface area contributed by atoms with Crippen LogP contribution in [-0.4, -0.2) is 6.29 Å². The van der Waals surface area contributed by atoms with E-state index in [2.05, 4.69) is 0 Å². The van der Waals surface area contributed by atoms with Crippen LogP contribution in [-0.2, 0) is 6.61 Å². The van der Waals surface area contributed by atoms with Gasteiger partial charge in [0.1, 0.15) is 12.4 Å². The molecule has 0 bridgehead atoms. The number of aldehydes is 1. The number of fused-ring (bicyclic) bond motifs is 3. The number of hydrogen-bond acceptors (Lipinski definition) is 3. The van der Waals surface area contributed by atoms with Gasteiger partial charge in [-0.2, -0.15) is 0 Å². The number of rotatable bonds is 1. The smallest absolute Gasteiger partial charge is 0.151 e. The van der Waals surface area contributed by atoms with Gasteiger partial charge in [-0.15, -0.1) is 11.3 Å². The molecular formula is C12H7ClO2S. The van der Waals surface area contributed by atoms with Crippen molar-refractivity contribution in [2.45, 2.75) is 6.61 Å². The van der Waals surface area contributed by atoms with E-state index in [0.717, 1.165) is 23.2 Å². The zero-order chi connectivity index (χ0) is 11.1. The third-order valence-corrected chi connectivity index (χ3v) is 3.84. The van der Waals surface area contributed by atoms with E-state index < -0.39 is 0 Å². The van der Waals surface area contributed by atoms with Crippen molar-refractivity contribution in [3.63, 3.8) is 0 Å². The van der Waals surface area contributed by atoms with Gasteiger partial charge >= 0.3 is 0 Å². The summed E-state index contributed by atoms with van der Waals surface area (Å²) < 4.78 is 5.60. The lowest BCUT2D eigenvalue weighted by molar-refractivity contribution is 0.112. The molecule has 1 aliphatic rings. The van der Waals surface area contributed by atoms with Gasteiger partial charge in [0.15, 0.2) is 6.29 Å². The Labute approximate surface area is 101 Å². The second-order valence-corrected chi connectivity index (χ2v) is 4.94. The number of carbonyl (C=O) groups excluding carboxylic acids is 1. The number of carbonyl (C=O) groups is 1. The zero-order valence-corrected chi connectivity index (χ0v) is 9.77. The standard InChI is InChI=1S/C12H7ClO2S/c13-10-4-11-9(3-7(10)5-14)8-1-2-16-12(8)6-15-11/h1-5H,6H2. The van der Waals surface area contributed by atoms with Crippen molar-refractivity contribution in [2.75, 3.05) is 0 Å². The lowest BCUT2D eigenvalue weighted by Gasteiger charge is -2.18. The van der Waals surface area contributed by atoms with Gasteiger partial charge in [0.25, 0.3) is 0 Å². The predicted octanol–water partition coefficient (Wildman–Crippen LogP) is 3.77. The molecule has 80 valence electrons. The zero-order valence-electron chi connectivity index (χ0n) is 8.20. The van der Waals surface area contributed by atoms with E-state index in [1.807, 2.05) is 11.4 Å². The van der Waals surface area contributed by atoms with Crippen LogP contribution in [0.4, 0.5) is 0 Å². The van der Waals surface area contributed by atoms with Crippen LogP contribution in [0, 0.1) is 0 Å². The Morgan fingerprint density at radius 1 is 1.38 bits per heavy atom. The molecule has 0 atom stereocenters. The first-order valence-electron chi connectivity index (χ1n) is 4.78. The summed E-state index contributed by atoms with van der Waals surface area (Å²) >= 11 is 7.61. The molecule has 0 fully saturated rings. The van der Waals surface area contributed by atoms with Crippen molar-refractivity contribution >= 4 is 29.2 Å². The van der Waals surface area contributed by atoms with Gasteiger partial charge in [0.05, 0.1) is 5.02 Å². The average molecular weight is 251 g/mol. The molecule has 0 radical (unpaired) electrons. The van der Waals surface area contributed by atoms with Gasteiger partial charge in [-0.25, -0.2) is 0 Å². The average Bonchev–Trinajstić information content (AvgIpc) is 2.76. The highest BCUT2D eigenvalue weighted by Crippen LogP contribution is 2.42. The highest BCUT2D eigenvalue weighted by Gasteiger charge is 2.19. The third kappa shape index (κ3) is 1.36. The summed E-state index contributed by atoms with van der Waals surface area (Å²) in [5, 5.41) is 2.46. The number of benzene rings is 1. The maximum Gasteiger partial charge on any atom is 0.151 e. The van der Waals surface area contributed by atoms with Crippen molar-refractivity contribution in [1.29, 1.82) is 0 Å². The lowest BCUT2D eigenvalue weighted by atomic mass is 10.0. The van der Waals surface area contributed by atoms with E-state index in [4.69, 9.17) is 16.3 Å². The summed E-state index contributed by atoms with van der Waals surface area (Å²) in [4.78, 5) is 12.0. The van der Waals surface area contributed by atoms with Crippen LogP contribution in [0.2, 0.25) is 5.02 Å². The minimum atomic E-state index is 0.437. The molecule has 3 rings (SSSR count). The van der Waals surface area contributed by atoms with Crippen LogP contribution in [0.1, 0.15) is 15.2 Å². The van der Waals surface area contributed by atoms with Crippen molar-refractivity contribution in [1.82, 2.24) is 0 Å². The van der Waals surface area contributed by atoms with Crippen LogP contribution in [0.25, 0.3) is 11.1 Å². The normalized spacial score (nSPS) is 12.6. The molecule has 0 saturated carbocycles. The van der Waals surface area contributed by atoms with Crippen molar-refractivity contribution in [2.24, 2.45) is 0 Å². The fraction of sp³-hybridized carbons (Fsp3) is 0.0833. The fourth-order valence-corrected chi connectivity index (χ4v) is 2.83. The first-order chi connectivity index (χ1) is 7.79. The molecule has 1 aliphatic heterocycles. The second-order valence-electron chi connectivity index (χ2n) is 3.53. The number of halogens is 1. The van der Waals surface area contributed by atoms with Crippen molar-refractivity contribution in [3.05, 3.63) is 39.0 Å². The number of thiophene rings is 1. The molecule has 0 amide bonds. The Morgan fingerprint density at radius 3 is 3.06 bits per heavy atom. The Balaban J connectivity index is 2.27. The van der Waals surface area contributed by atoms with Gasteiger partial charge in [0, 0.05) is 27.6 Å². The molecule has 2 nitrogen and oxygen atoms in total. The lowest BCUT2D eigenvalue weighted by Crippen LogP contribution is -2.03. The highest BCUT2D eigenvalue weighted by atomic mass is 35.5. The molecule has 0 N–H and O–H groups in total. The van der Waals surface area contributed by atoms with Gasteiger partial charge in [-0.05, 0) is 17.5 Å². The topological polar surface area (TPSA) is 26.3 Å². The summed E-state index contributed by atoms with van der Waals surface area (Å²) in [7, 11) is 0. The second kappa shape index (κ2) is 3.61. The molecule has 0 unspecified atom stereocenters. The van der Waals surface area contributed by atoms with Gasteiger partial charge in [-0.1, -0.05) is 11.6 Å². The van der Waals surface area contributed by atoms with Crippen LogP contribution >= 0.6 is 22.9 Å². The monoisotopic (exact) mass is 250 g/mol. The van der Waals surface area contributed by atoms with Gasteiger partial charge in [0.2, 0.25) is 0 Å². The summed E-state index contributed by atoms with van der Waals surface area (Å²) in [5.41, 5.74) is 2.60. The van der Waals surface area contributed by atoms with E-state index in [1.54, 1.807) is 23.5 Å². The number of hydrogen-bond donors (Lipinski definition) is 0. The van der Waals surface area contributed by atoms with Gasteiger partial charge in [-0.3, -0.25) is 4.79 Å². The minimum absolute atomic E-state index is 0.437. The largest absolute Gasteiger partial charge is 0.487 e. The maximum atomic E-state index is 10.8. The maximum absolute atomic E-state index is 10.8. The van der Waals surface area contributed by atoms with Crippen LogP contribution in [0.15, 0.2) is 23.6 Å². The predicted molar refractivity (Wildman–Crippen MR) is 64.5 cm³/mol. The fourth-order valence-electron chi connectivity index (χ4n) is 1.83. The Bertz CT molecular complexity index is 574. The van der Waals surface area contributed by atoms with E-state index in [9.17, 15) is 4.79 Å². The summed E-state index contributed by atoms with van der Waals surface area (Å²) in [6.45, 7) is 0.580. The van der Waals surface area contributed by atoms with Gasteiger partial charge < -0.3 is 4.74 Å². The number of ether oxygens (including phenoxy) is 1. The molecule has 1 aromatic heterocycles. The first-order valence-corrected chi connectivity index (χ1v) is 6.03.